The van der Waals surface area contributed by atoms with Crippen LogP contribution in [-0.2, 0) is 6.54 Å². The quantitative estimate of drug-likeness (QED) is 0.730. The fourth-order valence-electron chi connectivity index (χ4n) is 1.98. The Morgan fingerprint density at radius 2 is 2.18 bits per heavy atom. The van der Waals surface area contributed by atoms with E-state index >= 15 is 0 Å². The number of aromatic nitrogens is 2. The fourth-order valence-corrected chi connectivity index (χ4v) is 1.98. The molecule has 0 saturated carbocycles. The first-order valence-corrected chi connectivity index (χ1v) is 5.04. The number of nitriles is 1. The Morgan fingerprint density at radius 1 is 1.41 bits per heavy atom. The van der Waals surface area contributed by atoms with Gasteiger partial charge in [0.05, 0.1) is 17.4 Å². The molecule has 0 unspecified atom stereocenters. The van der Waals surface area contributed by atoms with Crippen molar-refractivity contribution in [2.75, 3.05) is 0 Å². The molecule has 0 aliphatic carbocycles. The number of hydrogen-bond acceptors (Lipinski definition) is 4. The van der Waals surface area contributed by atoms with E-state index in [0.29, 0.717) is 10.9 Å². The Hall–Kier alpha value is -2.61. The number of nitrogens with zero attached hydrogens (tertiary/aromatic N) is 3. The molecule has 0 spiro atoms. The minimum atomic E-state index is -0.234. The fraction of sp³-hybridized carbons (Fsp3) is 0.0833. The van der Waals surface area contributed by atoms with E-state index in [-0.39, 0.29) is 29.3 Å². The Bertz CT molecular complexity index is 765. The molecule has 82 valence electrons. The van der Waals surface area contributed by atoms with Crippen LogP contribution in [0, 0.1) is 11.3 Å². The maximum atomic E-state index is 12.1. The molecule has 0 amide bonds. The summed E-state index contributed by atoms with van der Waals surface area (Å²) in [5.74, 6) is 0.140. The van der Waals surface area contributed by atoms with E-state index in [0.717, 1.165) is 0 Å². The van der Waals surface area contributed by atoms with Crippen LogP contribution < -0.4 is 5.56 Å². The van der Waals surface area contributed by atoms with Crippen LogP contribution >= 0.6 is 0 Å². The van der Waals surface area contributed by atoms with Crippen molar-refractivity contribution in [3.63, 3.8) is 0 Å². The summed E-state index contributed by atoms with van der Waals surface area (Å²) in [4.78, 5) is 16.3. The highest BCUT2D eigenvalue weighted by Crippen LogP contribution is 2.23. The van der Waals surface area contributed by atoms with Crippen molar-refractivity contribution < 1.29 is 5.11 Å². The molecule has 17 heavy (non-hydrogen) atoms. The molecule has 2 aromatic rings. The topological polar surface area (TPSA) is 78.9 Å². The number of aliphatic hydroxyl groups is 1. The van der Waals surface area contributed by atoms with Gasteiger partial charge in [-0.1, -0.05) is 12.1 Å². The van der Waals surface area contributed by atoms with Crippen LogP contribution in [-0.4, -0.2) is 14.7 Å². The summed E-state index contributed by atoms with van der Waals surface area (Å²) in [5.41, 5.74) is 0.376. The van der Waals surface area contributed by atoms with Crippen molar-refractivity contribution in [1.29, 1.82) is 5.26 Å². The number of hydrogen-bond donors (Lipinski definition) is 1. The maximum absolute atomic E-state index is 12.1. The van der Waals surface area contributed by atoms with Crippen LogP contribution in [0.25, 0.3) is 16.5 Å². The highest BCUT2D eigenvalue weighted by Gasteiger charge is 2.24. The number of allylic oxidation sites excluding steroid dienone is 2. The summed E-state index contributed by atoms with van der Waals surface area (Å²) < 4.78 is 1.32. The van der Waals surface area contributed by atoms with Gasteiger partial charge in [-0.2, -0.15) is 5.26 Å². The van der Waals surface area contributed by atoms with Crippen LogP contribution in [0.5, 0.6) is 0 Å². The second kappa shape index (κ2) is 3.19. The standard InChI is InChI=1S/C12H7N3O2/c13-5-8-10(16)6-15-11(8)14-9-4-2-1-3-7(9)12(15)17/h1-4,16H,6H2. The second-order valence-electron chi connectivity index (χ2n) is 3.78. The summed E-state index contributed by atoms with van der Waals surface area (Å²) in [6, 6.07) is 8.79. The number of para-hydroxylation sites is 1. The lowest BCUT2D eigenvalue weighted by Gasteiger charge is -2.04. The van der Waals surface area contributed by atoms with Gasteiger partial charge >= 0.3 is 0 Å². The van der Waals surface area contributed by atoms with Crippen molar-refractivity contribution in [2.24, 2.45) is 0 Å². The number of fused-ring (bicyclic) bond motifs is 2. The summed E-state index contributed by atoms with van der Waals surface area (Å²) in [7, 11) is 0. The summed E-state index contributed by atoms with van der Waals surface area (Å²) >= 11 is 0. The van der Waals surface area contributed by atoms with E-state index in [1.807, 2.05) is 6.07 Å². The SMILES string of the molecule is N#CC1=C(O)Cn2c1nc1ccccc1c2=O. The molecule has 0 radical (unpaired) electrons. The molecule has 5 nitrogen and oxygen atoms in total. The first-order valence-electron chi connectivity index (χ1n) is 5.04. The number of aliphatic hydroxyl groups excluding tert-OH is 1. The van der Waals surface area contributed by atoms with E-state index in [1.165, 1.54) is 4.57 Å². The summed E-state index contributed by atoms with van der Waals surface area (Å²) in [6.45, 7) is 0.0227. The van der Waals surface area contributed by atoms with Gasteiger partial charge in [-0.25, -0.2) is 4.98 Å². The Labute approximate surface area is 95.9 Å². The molecule has 0 saturated heterocycles. The van der Waals surface area contributed by atoms with Gasteiger partial charge in [0.25, 0.3) is 5.56 Å². The number of benzene rings is 1. The monoisotopic (exact) mass is 225 g/mol. The largest absolute Gasteiger partial charge is 0.509 e. The van der Waals surface area contributed by atoms with E-state index < -0.39 is 0 Å². The highest BCUT2D eigenvalue weighted by molar-refractivity contribution is 5.83. The molecule has 2 heterocycles. The lowest BCUT2D eigenvalue weighted by Crippen LogP contribution is -2.21. The van der Waals surface area contributed by atoms with Gasteiger partial charge in [0.1, 0.15) is 17.4 Å². The zero-order valence-electron chi connectivity index (χ0n) is 8.71. The van der Waals surface area contributed by atoms with E-state index in [9.17, 15) is 9.90 Å². The molecule has 5 heteroatoms. The first-order chi connectivity index (χ1) is 8.22. The average Bonchev–Trinajstić information content (AvgIpc) is 2.66. The smallest absolute Gasteiger partial charge is 0.262 e. The molecular formula is C12H7N3O2. The molecule has 0 atom stereocenters. The van der Waals surface area contributed by atoms with Crippen LogP contribution in [0.4, 0.5) is 0 Å². The van der Waals surface area contributed by atoms with E-state index in [4.69, 9.17) is 5.26 Å². The van der Waals surface area contributed by atoms with Crippen LogP contribution in [0.1, 0.15) is 5.82 Å². The molecule has 1 aliphatic rings. The Balaban J connectivity index is 2.45. The van der Waals surface area contributed by atoms with E-state index in [2.05, 4.69) is 4.98 Å². The van der Waals surface area contributed by atoms with Crippen LogP contribution in [0.2, 0.25) is 0 Å². The summed E-state index contributed by atoms with van der Waals surface area (Å²) in [5, 5.41) is 19.0. The normalized spacial score (nSPS) is 13.8. The lowest BCUT2D eigenvalue weighted by molar-refractivity contribution is 0.386. The first kappa shape index (κ1) is 9.60. The minimum absolute atomic E-state index is 0.0227. The zero-order chi connectivity index (χ0) is 12.0. The third kappa shape index (κ3) is 1.18. The van der Waals surface area contributed by atoms with Crippen LogP contribution in [0.3, 0.4) is 0 Å². The Morgan fingerprint density at radius 3 is 2.94 bits per heavy atom. The molecule has 0 bridgehead atoms. The maximum Gasteiger partial charge on any atom is 0.262 e. The average molecular weight is 225 g/mol. The molecule has 1 N–H and O–H groups in total. The molecule has 1 aromatic heterocycles. The molecule has 1 aromatic carbocycles. The predicted octanol–water partition coefficient (Wildman–Crippen LogP) is 1.20. The zero-order valence-corrected chi connectivity index (χ0v) is 8.71. The molecule has 3 rings (SSSR count). The van der Waals surface area contributed by atoms with Gasteiger partial charge in [0.2, 0.25) is 0 Å². The molecular weight excluding hydrogens is 218 g/mol. The van der Waals surface area contributed by atoms with Gasteiger partial charge in [-0.3, -0.25) is 9.36 Å². The molecule has 0 fully saturated rings. The third-order valence-corrected chi connectivity index (χ3v) is 2.79. The van der Waals surface area contributed by atoms with Gasteiger partial charge in [0, 0.05) is 0 Å². The van der Waals surface area contributed by atoms with Gasteiger partial charge in [0.15, 0.2) is 5.82 Å². The predicted molar refractivity (Wildman–Crippen MR) is 61.2 cm³/mol. The van der Waals surface area contributed by atoms with Gasteiger partial charge in [-0.05, 0) is 12.1 Å². The van der Waals surface area contributed by atoms with Crippen molar-refractivity contribution in [1.82, 2.24) is 9.55 Å². The summed E-state index contributed by atoms with van der Waals surface area (Å²) in [6.07, 6.45) is 0. The van der Waals surface area contributed by atoms with Crippen molar-refractivity contribution in [3.8, 4) is 6.07 Å². The van der Waals surface area contributed by atoms with Crippen LogP contribution in [0.15, 0.2) is 34.8 Å². The third-order valence-electron chi connectivity index (χ3n) is 2.79. The lowest BCUT2D eigenvalue weighted by atomic mass is 10.2. The Kier molecular flexibility index (Phi) is 1.80. The van der Waals surface area contributed by atoms with Crippen molar-refractivity contribution >= 4 is 16.5 Å². The molecule has 1 aliphatic heterocycles. The number of rotatable bonds is 0. The van der Waals surface area contributed by atoms with Gasteiger partial charge in [-0.15, -0.1) is 0 Å². The van der Waals surface area contributed by atoms with E-state index in [1.54, 1.807) is 24.3 Å². The van der Waals surface area contributed by atoms with Crippen molar-refractivity contribution in [2.45, 2.75) is 6.54 Å². The highest BCUT2D eigenvalue weighted by atomic mass is 16.3. The minimum Gasteiger partial charge on any atom is -0.509 e. The van der Waals surface area contributed by atoms with Gasteiger partial charge < -0.3 is 5.11 Å². The second-order valence-corrected chi connectivity index (χ2v) is 3.78. The van der Waals surface area contributed by atoms with Crippen molar-refractivity contribution in [3.05, 3.63) is 46.2 Å².